The highest BCUT2D eigenvalue weighted by Crippen LogP contribution is 2.37. The molecule has 0 N–H and O–H groups in total. The number of morpholine rings is 1. The summed E-state index contributed by atoms with van der Waals surface area (Å²) in [6.07, 6.45) is 5.75. The zero-order valence-electron chi connectivity index (χ0n) is 48.1. The van der Waals surface area contributed by atoms with Crippen LogP contribution in [-0.4, -0.2) is 92.3 Å². The lowest BCUT2D eigenvalue weighted by atomic mass is 10.0. The van der Waals surface area contributed by atoms with Gasteiger partial charge >= 0.3 is 0 Å². The van der Waals surface area contributed by atoms with Gasteiger partial charge in [0.1, 0.15) is 35.1 Å². The Balaban J connectivity index is 0.000000262. The molecule has 1 fully saturated rings. The fourth-order valence-electron chi connectivity index (χ4n) is 8.54. The Hall–Kier alpha value is -5.91. The molecule has 14 nitrogen and oxygen atoms in total. The maximum atomic E-state index is 13.1. The van der Waals surface area contributed by atoms with Crippen molar-refractivity contribution in [1.82, 2.24) is 20.0 Å². The maximum Gasteiger partial charge on any atom is 0.260 e. The summed E-state index contributed by atoms with van der Waals surface area (Å²) in [7, 11) is 0. The highest BCUT2D eigenvalue weighted by atomic mass is 35.5. The van der Waals surface area contributed by atoms with E-state index in [1.165, 1.54) is 9.80 Å². The van der Waals surface area contributed by atoms with Crippen LogP contribution in [-0.2, 0) is 43.6 Å². The molecule has 8 rings (SSSR count). The van der Waals surface area contributed by atoms with E-state index in [-0.39, 0.29) is 25.3 Å². The van der Waals surface area contributed by atoms with Crippen LogP contribution in [0.25, 0.3) is 28.5 Å². The number of allylic oxidation sites excluding steroid dienone is 1. The van der Waals surface area contributed by atoms with Gasteiger partial charge in [0.25, 0.3) is 11.8 Å². The van der Waals surface area contributed by atoms with Gasteiger partial charge in [0, 0.05) is 66.2 Å². The second-order valence-electron chi connectivity index (χ2n) is 19.6. The van der Waals surface area contributed by atoms with E-state index in [1.54, 1.807) is 60.9 Å². The third kappa shape index (κ3) is 19.6. The van der Waals surface area contributed by atoms with Crippen LogP contribution in [0, 0.1) is 6.92 Å². The molecule has 0 atom stereocenters. The first kappa shape index (κ1) is 67.2. The average molecular weight is 1280 g/mol. The molecule has 21 heteroatoms. The highest BCUT2D eigenvalue weighted by Gasteiger charge is 2.26. The molecule has 0 radical (unpaired) electrons. The molecule has 1 aliphatic rings. The fourth-order valence-corrected chi connectivity index (χ4v) is 9.94. The number of carbonyl (C=O) groups is 2. The van der Waals surface area contributed by atoms with E-state index in [0.717, 1.165) is 77.9 Å². The predicted octanol–water partition coefficient (Wildman–Crippen LogP) is 16.7. The number of benzene rings is 4. The Bertz CT molecular complexity index is 3270. The number of alkyl halides is 4. The molecular weight excluding hydrogens is 1210 g/mol. The fraction of sp³-hybridized carbons (Fsp3) is 0.333. The number of nitrogens with zero attached hydrogens (tertiary/aromatic N) is 7. The van der Waals surface area contributed by atoms with E-state index in [1.807, 2.05) is 128 Å². The summed E-state index contributed by atoms with van der Waals surface area (Å²) in [4.78, 5) is 43.4. The lowest BCUT2D eigenvalue weighted by molar-refractivity contribution is -0.117. The number of oxime groups is 1. The number of pyridine rings is 2. The van der Waals surface area contributed by atoms with E-state index >= 15 is 0 Å². The molecule has 1 aliphatic heterocycles. The van der Waals surface area contributed by atoms with Gasteiger partial charge in [0.2, 0.25) is 0 Å². The number of ether oxygens (including phenoxy) is 3. The monoisotopic (exact) mass is 1280 g/mol. The summed E-state index contributed by atoms with van der Waals surface area (Å²) in [5, 5.41) is 9.97. The molecule has 4 aromatic carbocycles. The number of amides is 2. The van der Waals surface area contributed by atoms with Crippen molar-refractivity contribution in [3.05, 3.63) is 182 Å². The quantitative estimate of drug-likeness (QED) is 0.0293. The average Bonchev–Trinajstić information content (AvgIpc) is 4.03. The second kappa shape index (κ2) is 33.1. The molecule has 84 heavy (non-hydrogen) atoms. The number of hydrogen-bond donors (Lipinski definition) is 0. The molecule has 3 aromatic heterocycles. The summed E-state index contributed by atoms with van der Waals surface area (Å²) < 4.78 is 22.9. The van der Waals surface area contributed by atoms with Gasteiger partial charge in [-0.15, -0.1) is 0 Å². The number of rotatable bonds is 21. The van der Waals surface area contributed by atoms with Gasteiger partial charge in [0.05, 0.1) is 52.8 Å². The van der Waals surface area contributed by atoms with Crippen LogP contribution >= 0.6 is 81.2 Å². The molecule has 0 unspecified atom stereocenters. The molecule has 0 saturated carbocycles. The minimum atomic E-state index is -1.26. The number of aromatic nitrogens is 3. The van der Waals surface area contributed by atoms with Gasteiger partial charge in [-0.3, -0.25) is 24.5 Å². The number of carbonyl (C=O) groups excluding carboxylic acids is 2. The van der Waals surface area contributed by atoms with Crippen LogP contribution < -0.4 is 14.5 Å². The van der Waals surface area contributed by atoms with E-state index in [4.69, 9.17) is 105 Å². The topological polar surface area (TPSA) is 145 Å². The normalized spacial score (nSPS) is 12.9. The van der Waals surface area contributed by atoms with Crippen LogP contribution in [0.1, 0.15) is 88.4 Å². The van der Waals surface area contributed by atoms with Crippen molar-refractivity contribution in [3.8, 4) is 28.5 Å². The van der Waals surface area contributed by atoms with Gasteiger partial charge in [-0.2, -0.15) is 0 Å². The molecule has 0 spiro atoms. The Morgan fingerprint density at radius 1 is 0.750 bits per heavy atom. The number of hydrogen-bond acceptors (Lipinski definition) is 12. The van der Waals surface area contributed by atoms with Crippen molar-refractivity contribution >= 4 is 116 Å². The van der Waals surface area contributed by atoms with Crippen molar-refractivity contribution < 1.29 is 33.2 Å². The van der Waals surface area contributed by atoms with E-state index in [9.17, 15) is 9.59 Å². The van der Waals surface area contributed by atoms with Crippen molar-refractivity contribution in [2.45, 2.75) is 96.8 Å². The van der Waals surface area contributed by atoms with Crippen LogP contribution in [0.3, 0.4) is 0 Å². The van der Waals surface area contributed by atoms with E-state index < -0.39 is 21.5 Å². The first-order valence-electron chi connectivity index (χ1n) is 27.2. The molecule has 0 aliphatic carbocycles. The molecular formula is C63H68Cl7N7O7. The van der Waals surface area contributed by atoms with Gasteiger partial charge in [-0.05, 0) is 118 Å². The van der Waals surface area contributed by atoms with Crippen molar-refractivity contribution in [1.29, 1.82) is 0 Å². The lowest BCUT2D eigenvalue weighted by Gasteiger charge is -2.26. The van der Waals surface area contributed by atoms with E-state index in [0.29, 0.717) is 67.9 Å². The van der Waals surface area contributed by atoms with Crippen LogP contribution in [0.4, 0.5) is 11.4 Å². The SMILES string of the molecule is C/C=C(\OC(C)(C)C)c1ccc(CN(C(=O)C(Cl)Cl)c2ccnc(-c3cc(-c4c(Cl)cccc4Cl)no3)c2)cc1.CC.CC/C(=N\OCc1cc(N(Cc2ccc(OCCN3CCOCC3)cc2)C(=O)C(Cl)Cl)ccn1)c1c(C)cccc1Cl. The summed E-state index contributed by atoms with van der Waals surface area (Å²) >= 11 is 43.2. The maximum absolute atomic E-state index is 13.1. The lowest BCUT2D eigenvalue weighted by Crippen LogP contribution is -2.38. The molecule has 446 valence electrons. The van der Waals surface area contributed by atoms with Crippen LogP contribution in [0.15, 0.2) is 143 Å². The predicted molar refractivity (Wildman–Crippen MR) is 342 cm³/mol. The minimum absolute atomic E-state index is 0.102. The molecule has 7 aromatic rings. The first-order chi connectivity index (χ1) is 40.3. The zero-order valence-corrected chi connectivity index (χ0v) is 53.4. The highest BCUT2D eigenvalue weighted by molar-refractivity contribution is 6.55. The van der Waals surface area contributed by atoms with Gasteiger partial charge in [0.15, 0.2) is 22.0 Å². The molecule has 2 amide bonds. The Morgan fingerprint density at radius 3 is 1.89 bits per heavy atom. The smallest absolute Gasteiger partial charge is 0.260 e. The van der Waals surface area contributed by atoms with Crippen molar-refractivity contribution in [3.63, 3.8) is 0 Å². The largest absolute Gasteiger partial charge is 0.492 e. The van der Waals surface area contributed by atoms with Crippen molar-refractivity contribution in [2.24, 2.45) is 5.16 Å². The van der Waals surface area contributed by atoms with Gasteiger partial charge in [-0.1, -0.05) is 167 Å². The second-order valence-corrected chi connectivity index (χ2v) is 23.0. The standard InChI is InChI=1S/C31H35Cl3N4O4.C30H27Cl4N3O3.C2H6/c1-3-28(29-22(2)5-4-6-27(29)32)36-42-21-24-19-25(11-12-35-24)38(31(39)30(33)34)20-23-7-9-26(10-8-23)41-18-15-37-13-16-40-17-14-37;1-5-25(39-30(2,3)4)19-11-9-18(10-12-19)17-37(29(38)28(33)34)20-13-14-35-23(15-20)26-16-24(36-40-26)27-21(31)7-6-8-22(27)32;1-2/h4-12,19,30H,3,13-18,20-21H2,1-2H3;5-16,28H,17H2,1-4H3;1-2H3/b36-28+;25-5-;. The molecule has 4 heterocycles. The summed E-state index contributed by atoms with van der Waals surface area (Å²) in [6.45, 7) is 21.3. The van der Waals surface area contributed by atoms with Gasteiger partial charge in [-0.25, -0.2) is 0 Å². The Morgan fingerprint density at radius 2 is 1.32 bits per heavy atom. The van der Waals surface area contributed by atoms with E-state index in [2.05, 4.69) is 25.2 Å². The molecule has 1 saturated heterocycles. The Labute approximate surface area is 527 Å². The third-order valence-corrected chi connectivity index (χ3v) is 14.3. The number of aryl methyl sites for hydroxylation is 1. The number of anilines is 2. The zero-order chi connectivity index (χ0) is 60.9. The van der Waals surface area contributed by atoms with Gasteiger partial charge < -0.3 is 33.4 Å². The van der Waals surface area contributed by atoms with Crippen LogP contribution in [0.5, 0.6) is 5.75 Å². The van der Waals surface area contributed by atoms with Crippen LogP contribution in [0.2, 0.25) is 15.1 Å². The third-order valence-electron chi connectivity index (χ3n) is 12.6. The Kier molecular flexibility index (Phi) is 26.5. The minimum Gasteiger partial charge on any atom is -0.492 e. The molecule has 0 bridgehead atoms. The number of halogens is 7. The summed E-state index contributed by atoms with van der Waals surface area (Å²) in [6, 6.07) is 34.9. The van der Waals surface area contributed by atoms with Crippen molar-refractivity contribution in [2.75, 3.05) is 49.3 Å². The first-order valence-corrected chi connectivity index (χ1v) is 30.1. The summed E-state index contributed by atoms with van der Waals surface area (Å²) in [5.41, 5.74) is 8.15. The summed E-state index contributed by atoms with van der Waals surface area (Å²) in [5.74, 6) is 0.992.